The lowest BCUT2D eigenvalue weighted by molar-refractivity contribution is -0.142. The SMILES string of the molecule is Cc1cc(Cl)ccc1OC(C)(C)C(=O)NC1C[C@@]2(C(=O)NN3CCCCC3)CC=C1[C@H](C)C2. The smallest absolute Gasteiger partial charge is 0.264 e. The van der Waals surface area contributed by atoms with Crippen LogP contribution in [0.5, 0.6) is 5.75 Å². The van der Waals surface area contributed by atoms with E-state index < -0.39 is 11.0 Å². The number of aryl methyl sites for hydroxylation is 1. The van der Waals surface area contributed by atoms with Gasteiger partial charge in [0, 0.05) is 18.1 Å². The van der Waals surface area contributed by atoms with Crippen LogP contribution in [0, 0.1) is 18.3 Å². The second-order valence-corrected chi connectivity index (χ2v) is 11.0. The maximum absolute atomic E-state index is 13.4. The second kappa shape index (κ2) is 9.30. The Balaban J connectivity index is 1.45. The molecule has 5 rings (SSSR count). The zero-order chi connectivity index (χ0) is 23.8. The molecule has 0 radical (unpaired) electrons. The van der Waals surface area contributed by atoms with Crippen LogP contribution in [0.3, 0.4) is 0 Å². The molecular weight excluding hydrogens is 438 g/mol. The molecule has 7 heteroatoms. The molecule has 3 aliphatic carbocycles. The molecule has 1 saturated heterocycles. The van der Waals surface area contributed by atoms with Gasteiger partial charge in [0.05, 0.1) is 11.5 Å². The molecule has 1 unspecified atom stereocenters. The lowest BCUT2D eigenvalue weighted by atomic mass is 9.59. The number of carbonyl (C=O) groups is 2. The van der Waals surface area contributed by atoms with Gasteiger partial charge in [0.15, 0.2) is 5.60 Å². The van der Waals surface area contributed by atoms with Crippen molar-refractivity contribution in [2.24, 2.45) is 11.3 Å². The molecule has 3 atom stereocenters. The number of amides is 2. The molecule has 1 heterocycles. The van der Waals surface area contributed by atoms with Crippen LogP contribution in [0.2, 0.25) is 5.02 Å². The average molecular weight is 474 g/mol. The van der Waals surface area contributed by atoms with E-state index in [0.29, 0.717) is 17.2 Å². The number of hydrogen-bond acceptors (Lipinski definition) is 4. The number of nitrogens with one attached hydrogen (secondary N) is 2. The minimum Gasteiger partial charge on any atom is -0.478 e. The van der Waals surface area contributed by atoms with Gasteiger partial charge in [0.1, 0.15) is 5.75 Å². The lowest BCUT2D eigenvalue weighted by Gasteiger charge is -2.49. The number of benzene rings is 1. The van der Waals surface area contributed by atoms with Crippen LogP contribution in [0.15, 0.2) is 29.8 Å². The van der Waals surface area contributed by atoms with Gasteiger partial charge in [0.25, 0.3) is 5.91 Å². The van der Waals surface area contributed by atoms with Gasteiger partial charge in [-0.15, -0.1) is 0 Å². The minimum absolute atomic E-state index is 0.0952. The second-order valence-electron chi connectivity index (χ2n) is 10.5. The Morgan fingerprint density at radius 3 is 2.58 bits per heavy atom. The number of ether oxygens (including phenoxy) is 1. The summed E-state index contributed by atoms with van der Waals surface area (Å²) in [6.45, 7) is 9.43. The van der Waals surface area contributed by atoms with Gasteiger partial charge in [0.2, 0.25) is 5.91 Å². The highest BCUT2D eigenvalue weighted by Crippen LogP contribution is 2.50. The molecule has 2 N–H and O–H groups in total. The maximum atomic E-state index is 13.4. The summed E-state index contributed by atoms with van der Waals surface area (Å²) >= 11 is 6.05. The number of fused-ring (bicyclic) bond motifs is 3. The Kier molecular flexibility index (Phi) is 6.79. The van der Waals surface area contributed by atoms with Gasteiger partial charge in [-0.1, -0.05) is 31.0 Å². The van der Waals surface area contributed by atoms with E-state index in [2.05, 4.69) is 28.8 Å². The zero-order valence-electron chi connectivity index (χ0n) is 20.2. The highest BCUT2D eigenvalue weighted by molar-refractivity contribution is 6.30. The van der Waals surface area contributed by atoms with Crippen molar-refractivity contribution in [1.29, 1.82) is 0 Å². The van der Waals surface area contributed by atoms with Crippen molar-refractivity contribution in [1.82, 2.24) is 15.8 Å². The summed E-state index contributed by atoms with van der Waals surface area (Å²) < 4.78 is 6.09. The van der Waals surface area contributed by atoms with Gasteiger partial charge >= 0.3 is 0 Å². The van der Waals surface area contributed by atoms with E-state index in [9.17, 15) is 9.59 Å². The van der Waals surface area contributed by atoms with Crippen molar-refractivity contribution in [3.8, 4) is 5.75 Å². The van der Waals surface area contributed by atoms with E-state index in [1.165, 1.54) is 12.0 Å². The molecule has 1 aromatic rings. The van der Waals surface area contributed by atoms with E-state index in [4.69, 9.17) is 16.3 Å². The maximum Gasteiger partial charge on any atom is 0.264 e. The Hall–Kier alpha value is -2.05. The quantitative estimate of drug-likeness (QED) is 0.594. The average Bonchev–Trinajstić information content (AvgIpc) is 2.76. The molecule has 180 valence electrons. The van der Waals surface area contributed by atoms with Crippen molar-refractivity contribution in [2.75, 3.05) is 13.1 Å². The largest absolute Gasteiger partial charge is 0.478 e. The molecule has 4 aliphatic rings. The summed E-state index contributed by atoms with van der Waals surface area (Å²) in [6, 6.07) is 5.22. The molecule has 0 aromatic heterocycles. The number of rotatable bonds is 6. The Morgan fingerprint density at radius 1 is 1.18 bits per heavy atom. The number of piperidine rings is 1. The lowest BCUT2D eigenvalue weighted by Crippen LogP contribution is -2.59. The fraction of sp³-hybridized carbons (Fsp3) is 0.615. The number of hydrogen-bond donors (Lipinski definition) is 2. The third-order valence-corrected chi connectivity index (χ3v) is 7.68. The summed E-state index contributed by atoms with van der Waals surface area (Å²) in [5.41, 5.74) is 3.76. The highest BCUT2D eigenvalue weighted by Gasteiger charge is 2.51. The van der Waals surface area contributed by atoms with Gasteiger partial charge in [-0.05, 0) is 88.1 Å². The molecule has 1 aliphatic heterocycles. The van der Waals surface area contributed by atoms with Crippen LogP contribution in [-0.2, 0) is 9.59 Å². The van der Waals surface area contributed by atoms with Crippen molar-refractivity contribution in [3.05, 3.63) is 40.4 Å². The monoisotopic (exact) mass is 473 g/mol. The summed E-state index contributed by atoms with van der Waals surface area (Å²) in [7, 11) is 0. The Morgan fingerprint density at radius 2 is 1.91 bits per heavy atom. The third-order valence-electron chi connectivity index (χ3n) is 7.44. The van der Waals surface area contributed by atoms with Crippen LogP contribution in [-0.4, -0.2) is 41.6 Å². The van der Waals surface area contributed by atoms with E-state index in [-0.39, 0.29) is 23.8 Å². The molecule has 33 heavy (non-hydrogen) atoms. The minimum atomic E-state index is -1.07. The summed E-state index contributed by atoms with van der Waals surface area (Å²) in [6.07, 6.45) is 7.84. The van der Waals surface area contributed by atoms with Crippen LogP contribution in [0.1, 0.15) is 64.9 Å². The Bertz CT molecular complexity index is 954. The fourth-order valence-corrected chi connectivity index (χ4v) is 5.75. The molecule has 2 fully saturated rings. The van der Waals surface area contributed by atoms with Gasteiger partial charge in [-0.25, -0.2) is 5.01 Å². The number of allylic oxidation sites excluding steroid dienone is 1. The number of halogens is 1. The first-order valence-corrected chi connectivity index (χ1v) is 12.5. The molecule has 2 bridgehead atoms. The first kappa shape index (κ1) is 24.1. The predicted octanol–water partition coefficient (Wildman–Crippen LogP) is 4.55. The van der Waals surface area contributed by atoms with E-state index >= 15 is 0 Å². The third kappa shape index (κ3) is 5.07. The van der Waals surface area contributed by atoms with Crippen LogP contribution >= 0.6 is 11.6 Å². The molecule has 6 nitrogen and oxygen atoms in total. The van der Waals surface area contributed by atoms with E-state index in [1.807, 2.05) is 13.0 Å². The van der Waals surface area contributed by atoms with Crippen LogP contribution in [0.25, 0.3) is 0 Å². The predicted molar refractivity (Wildman–Crippen MR) is 130 cm³/mol. The van der Waals surface area contributed by atoms with Crippen LogP contribution in [0.4, 0.5) is 0 Å². The van der Waals surface area contributed by atoms with Crippen molar-refractivity contribution in [2.45, 2.75) is 77.9 Å². The summed E-state index contributed by atoms with van der Waals surface area (Å²) in [5, 5.41) is 5.90. The standard InChI is InChI=1S/C26H36ClN3O3/c1-17-14-19(27)8-9-22(17)33-25(3,4)23(31)28-21-16-26(11-10-20(21)18(2)15-26)24(32)29-30-12-6-5-7-13-30/h8-10,14,18,21H,5-7,11-13,15-16H2,1-4H3,(H,28,31)(H,29,32)/t18-,21?,26-/m1/s1. The molecule has 2 amide bonds. The Labute approximate surface area is 202 Å². The molecule has 1 aromatic carbocycles. The van der Waals surface area contributed by atoms with E-state index in [1.54, 1.807) is 26.0 Å². The van der Waals surface area contributed by atoms with Crippen LogP contribution < -0.4 is 15.5 Å². The number of nitrogens with zero attached hydrogens (tertiary/aromatic N) is 1. The zero-order valence-corrected chi connectivity index (χ0v) is 20.9. The number of hydrazine groups is 1. The van der Waals surface area contributed by atoms with Gasteiger partial charge in [-0.2, -0.15) is 0 Å². The molecular formula is C26H36ClN3O3. The van der Waals surface area contributed by atoms with Gasteiger partial charge < -0.3 is 10.1 Å². The van der Waals surface area contributed by atoms with Crippen molar-refractivity contribution < 1.29 is 14.3 Å². The highest BCUT2D eigenvalue weighted by atomic mass is 35.5. The summed E-state index contributed by atoms with van der Waals surface area (Å²) in [4.78, 5) is 26.7. The first-order valence-electron chi connectivity index (χ1n) is 12.1. The normalized spacial score (nSPS) is 27.6. The van der Waals surface area contributed by atoms with Crippen molar-refractivity contribution >= 4 is 23.4 Å². The van der Waals surface area contributed by atoms with E-state index in [0.717, 1.165) is 44.3 Å². The molecule has 0 spiro atoms. The van der Waals surface area contributed by atoms with Gasteiger partial charge in [-0.3, -0.25) is 15.0 Å². The first-order chi connectivity index (χ1) is 15.6. The van der Waals surface area contributed by atoms with Crippen molar-refractivity contribution in [3.63, 3.8) is 0 Å². The molecule has 1 saturated carbocycles. The fourth-order valence-electron chi connectivity index (χ4n) is 5.52. The topological polar surface area (TPSA) is 70.7 Å². The number of carbonyl (C=O) groups excluding carboxylic acids is 2. The summed E-state index contributed by atoms with van der Waals surface area (Å²) in [5.74, 6) is 0.800.